The van der Waals surface area contributed by atoms with Crippen LogP contribution in [0.15, 0.2) is 4.99 Å². The van der Waals surface area contributed by atoms with Crippen LogP contribution >= 0.6 is 25.3 Å². The maximum Gasteiger partial charge on any atom is 0.326 e. The number of thiol groups is 2. The second-order valence-corrected chi connectivity index (χ2v) is 6.33. The van der Waals surface area contributed by atoms with Gasteiger partial charge in [-0.2, -0.15) is 25.3 Å². The van der Waals surface area contributed by atoms with Crippen LogP contribution < -0.4 is 33.2 Å². The number of hydrogen-bond acceptors (Lipinski definition) is 8. The molecule has 3 unspecified atom stereocenters. The lowest BCUT2D eigenvalue weighted by Gasteiger charge is -2.22. The summed E-state index contributed by atoms with van der Waals surface area (Å²) in [7, 11) is 0. The summed E-state index contributed by atoms with van der Waals surface area (Å²) >= 11 is 7.98. The number of carboxylic acid groups (broad SMARTS) is 1. The summed E-state index contributed by atoms with van der Waals surface area (Å²) in [6, 6.07) is -3.32. The highest BCUT2D eigenvalue weighted by Gasteiger charge is 2.28. The van der Waals surface area contributed by atoms with Crippen molar-refractivity contribution in [2.75, 3.05) is 24.6 Å². The molecule has 160 valence electrons. The van der Waals surface area contributed by atoms with Gasteiger partial charge in [-0.1, -0.05) is 0 Å². The molecule has 0 aromatic heterocycles. The minimum atomic E-state index is -1.24. The van der Waals surface area contributed by atoms with Crippen molar-refractivity contribution in [2.45, 2.75) is 31.0 Å². The lowest BCUT2D eigenvalue weighted by Crippen LogP contribution is -2.57. The van der Waals surface area contributed by atoms with Gasteiger partial charge in [0.1, 0.15) is 18.1 Å². The van der Waals surface area contributed by atoms with Gasteiger partial charge in [-0.05, 0) is 12.8 Å². The van der Waals surface area contributed by atoms with Crippen LogP contribution in [0.25, 0.3) is 0 Å². The van der Waals surface area contributed by atoms with E-state index in [1.165, 1.54) is 0 Å². The smallest absolute Gasteiger partial charge is 0.326 e. The van der Waals surface area contributed by atoms with Crippen molar-refractivity contribution in [3.05, 3.63) is 0 Å². The summed E-state index contributed by atoms with van der Waals surface area (Å²) in [6.07, 6.45) is 0.400. The van der Waals surface area contributed by atoms with Crippen LogP contribution in [0.4, 0.5) is 0 Å². The molecule has 12 nitrogen and oxygen atoms in total. The highest BCUT2D eigenvalue weighted by atomic mass is 32.1. The van der Waals surface area contributed by atoms with Crippen molar-refractivity contribution in [3.8, 4) is 0 Å². The summed E-state index contributed by atoms with van der Waals surface area (Å²) in [6.45, 7) is -0.104. The number of nitrogens with one attached hydrogen (secondary N) is 3. The van der Waals surface area contributed by atoms with Gasteiger partial charge in [-0.15, -0.1) is 0 Å². The van der Waals surface area contributed by atoms with E-state index in [4.69, 9.17) is 17.2 Å². The fraction of sp³-hybridized carbons (Fsp3) is 0.643. The standard InChI is InChI=1S/C14H27N7O5S2/c15-4-10(22)19-8(5-27)11(23)21-9(6-28)12(24)20-7(13(25)26)2-1-3-18-14(16)17/h7-9,27-28H,1-6,15H2,(H,19,22)(H,20,24)(H,21,23)(H,25,26)(H4,16,17,18). The quantitative estimate of drug-likeness (QED) is 0.0605. The van der Waals surface area contributed by atoms with Crippen LogP contribution in [0.2, 0.25) is 0 Å². The molecule has 14 heteroatoms. The molecule has 3 amide bonds. The third-order valence-electron chi connectivity index (χ3n) is 3.40. The van der Waals surface area contributed by atoms with Gasteiger partial charge >= 0.3 is 5.97 Å². The number of aliphatic carboxylic acids is 1. The van der Waals surface area contributed by atoms with E-state index in [1.54, 1.807) is 0 Å². The number of nitrogens with zero attached hydrogens (tertiary/aromatic N) is 1. The van der Waals surface area contributed by atoms with Crippen molar-refractivity contribution in [2.24, 2.45) is 22.2 Å². The SMILES string of the molecule is NCC(=O)NC(CS)C(=O)NC(CS)C(=O)NC(CCCN=C(N)N)C(=O)O. The van der Waals surface area contributed by atoms with Crippen LogP contribution in [0.1, 0.15) is 12.8 Å². The van der Waals surface area contributed by atoms with Crippen molar-refractivity contribution < 1.29 is 24.3 Å². The Morgan fingerprint density at radius 1 is 0.929 bits per heavy atom. The van der Waals surface area contributed by atoms with Crippen LogP contribution in [0.3, 0.4) is 0 Å². The first kappa shape index (κ1) is 25.8. The molecule has 0 aliphatic rings. The number of carbonyl (C=O) groups excluding carboxylic acids is 3. The Balaban J connectivity index is 4.84. The fourth-order valence-corrected chi connectivity index (χ4v) is 2.46. The highest BCUT2D eigenvalue weighted by molar-refractivity contribution is 7.80. The normalized spacial score (nSPS) is 13.5. The second kappa shape index (κ2) is 13.9. The van der Waals surface area contributed by atoms with Crippen molar-refractivity contribution in [1.82, 2.24) is 16.0 Å². The molecule has 0 heterocycles. The van der Waals surface area contributed by atoms with Crippen LogP contribution in [-0.4, -0.2) is 77.5 Å². The summed E-state index contributed by atoms with van der Waals surface area (Å²) in [5, 5.41) is 16.3. The van der Waals surface area contributed by atoms with Gasteiger partial charge < -0.3 is 38.3 Å². The van der Waals surface area contributed by atoms with Crippen molar-refractivity contribution in [1.29, 1.82) is 0 Å². The molecule has 0 spiro atoms. The molecule has 0 aliphatic heterocycles. The lowest BCUT2D eigenvalue weighted by molar-refractivity contribution is -0.142. The zero-order valence-corrected chi connectivity index (χ0v) is 16.9. The number of amides is 3. The van der Waals surface area contributed by atoms with Gasteiger partial charge in [-0.3, -0.25) is 19.4 Å². The average Bonchev–Trinajstić information content (AvgIpc) is 2.65. The van der Waals surface area contributed by atoms with E-state index in [2.05, 4.69) is 46.2 Å². The van der Waals surface area contributed by atoms with E-state index in [0.717, 1.165) is 0 Å². The zero-order chi connectivity index (χ0) is 21.7. The maximum atomic E-state index is 12.3. The molecule has 0 aromatic rings. The molecular weight excluding hydrogens is 410 g/mol. The van der Waals surface area contributed by atoms with Gasteiger partial charge in [0.05, 0.1) is 6.54 Å². The summed E-state index contributed by atoms with van der Waals surface area (Å²) in [4.78, 5) is 50.9. The number of carbonyl (C=O) groups is 4. The van der Waals surface area contributed by atoms with Gasteiger partial charge in [0.25, 0.3) is 0 Å². The third-order valence-corrected chi connectivity index (χ3v) is 4.13. The molecule has 0 saturated carbocycles. The predicted molar refractivity (Wildman–Crippen MR) is 110 cm³/mol. The van der Waals surface area contributed by atoms with Crippen molar-refractivity contribution >= 4 is 54.9 Å². The van der Waals surface area contributed by atoms with E-state index in [1.807, 2.05) is 0 Å². The number of aliphatic imine (C=N–C) groups is 1. The van der Waals surface area contributed by atoms with Crippen LogP contribution in [0, 0.1) is 0 Å². The van der Waals surface area contributed by atoms with Crippen LogP contribution in [0.5, 0.6) is 0 Å². The largest absolute Gasteiger partial charge is 0.480 e. The first-order chi connectivity index (χ1) is 13.2. The molecule has 0 rings (SSSR count). The van der Waals surface area contributed by atoms with Gasteiger partial charge in [0.2, 0.25) is 17.7 Å². The second-order valence-electron chi connectivity index (χ2n) is 5.60. The lowest BCUT2D eigenvalue weighted by atomic mass is 10.1. The topological polar surface area (TPSA) is 215 Å². The third kappa shape index (κ3) is 10.2. The van der Waals surface area contributed by atoms with E-state index in [0.29, 0.717) is 6.42 Å². The maximum absolute atomic E-state index is 12.3. The Morgan fingerprint density at radius 2 is 1.43 bits per heavy atom. The van der Waals surface area contributed by atoms with E-state index < -0.39 is 41.8 Å². The van der Waals surface area contributed by atoms with Gasteiger partial charge in [-0.25, -0.2) is 4.79 Å². The van der Waals surface area contributed by atoms with Crippen molar-refractivity contribution in [3.63, 3.8) is 0 Å². The average molecular weight is 438 g/mol. The zero-order valence-electron chi connectivity index (χ0n) is 15.1. The number of carboxylic acids is 1. The Labute approximate surface area is 173 Å². The first-order valence-corrected chi connectivity index (χ1v) is 9.52. The Morgan fingerprint density at radius 3 is 1.86 bits per heavy atom. The predicted octanol–water partition coefficient (Wildman–Crippen LogP) is -3.60. The minimum Gasteiger partial charge on any atom is -0.480 e. The monoisotopic (exact) mass is 437 g/mol. The highest BCUT2D eigenvalue weighted by Crippen LogP contribution is 2.01. The summed E-state index contributed by atoms with van der Waals surface area (Å²) < 4.78 is 0. The fourth-order valence-electron chi connectivity index (χ4n) is 1.95. The van der Waals surface area contributed by atoms with E-state index in [-0.39, 0.29) is 37.0 Å². The van der Waals surface area contributed by atoms with Gasteiger partial charge in [0, 0.05) is 18.1 Å². The molecule has 10 N–H and O–H groups in total. The molecule has 3 atom stereocenters. The molecular formula is C14H27N7O5S2. The Hall–Kier alpha value is -2.19. The number of rotatable bonds is 13. The molecule has 0 aliphatic carbocycles. The summed E-state index contributed by atoms with van der Waals surface area (Å²) in [5.74, 6) is -3.46. The van der Waals surface area contributed by atoms with E-state index >= 15 is 0 Å². The Kier molecular flexibility index (Phi) is 12.8. The molecule has 0 aromatic carbocycles. The molecule has 0 fully saturated rings. The van der Waals surface area contributed by atoms with E-state index in [9.17, 15) is 24.3 Å². The molecule has 0 radical (unpaired) electrons. The molecule has 28 heavy (non-hydrogen) atoms. The van der Waals surface area contributed by atoms with Crippen LogP contribution in [-0.2, 0) is 19.2 Å². The number of hydrogen-bond donors (Lipinski definition) is 9. The number of nitrogens with two attached hydrogens (primary N) is 3. The molecule has 0 saturated heterocycles. The number of guanidine groups is 1. The Bertz CT molecular complexity index is 586. The van der Waals surface area contributed by atoms with Gasteiger partial charge in [0.15, 0.2) is 5.96 Å². The first-order valence-electron chi connectivity index (χ1n) is 8.26. The summed E-state index contributed by atoms with van der Waals surface area (Å²) in [5.41, 5.74) is 15.5. The molecule has 0 bridgehead atoms. The minimum absolute atomic E-state index is 0.0268.